The van der Waals surface area contributed by atoms with Crippen LogP contribution in [0.25, 0.3) is 11.4 Å². The fourth-order valence-corrected chi connectivity index (χ4v) is 2.51. The van der Waals surface area contributed by atoms with Gasteiger partial charge in [-0.25, -0.2) is 0 Å². The van der Waals surface area contributed by atoms with Gasteiger partial charge in [0.1, 0.15) is 0 Å². The zero-order valence-electron chi connectivity index (χ0n) is 10.6. The van der Waals surface area contributed by atoms with Crippen LogP contribution in [-0.2, 0) is 0 Å². The normalized spacial score (nSPS) is 10.8. The molecule has 0 amide bonds. The van der Waals surface area contributed by atoms with Crippen molar-refractivity contribution in [3.63, 3.8) is 0 Å². The highest BCUT2D eigenvalue weighted by Gasteiger charge is 2.13. The maximum absolute atomic E-state index is 5.20. The lowest BCUT2D eigenvalue weighted by atomic mass is 9.99. The molecule has 0 aliphatic heterocycles. The Morgan fingerprint density at radius 2 is 1.82 bits per heavy atom. The summed E-state index contributed by atoms with van der Waals surface area (Å²) >= 11 is 1.57. The Bertz CT molecular complexity index is 511. The summed E-state index contributed by atoms with van der Waals surface area (Å²) in [5.74, 6) is 1.63. The molecule has 0 bridgehead atoms. The molecular weight excluding hydrogens is 232 g/mol. The smallest absolute Gasteiger partial charge is 0.286 e. The van der Waals surface area contributed by atoms with E-state index in [1.807, 2.05) is 0 Å². The second-order valence-electron chi connectivity index (χ2n) is 4.09. The van der Waals surface area contributed by atoms with Gasteiger partial charge in [-0.05, 0) is 37.7 Å². The minimum Gasteiger partial charge on any atom is -0.327 e. The van der Waals surface area contributed by atoms with Crippen molar-refractivity contribution in [1.82, 2.24) is 10.1 Å². The number of hydrogen-bond donors (Lipinski definition) is 0. The van der Waals surface area contributed by atoms with Crippen LogP contribution in [0.3, 0.4) is 0 Å². The van der Waals surface area contributed by atoms with Crippen molar-refractivity contribution < 1.29 is 4.52 Å². The molecule has 1 aromatic carbocycles. The van der Waals surface area contributed by atoms with Gasteiger partial charge in [-0.15, -0.1) is 0 Å². The van der Waals surface area contributed by atoms with Crippen LogP contribution in [0.15, 0.2) is 21.9 Å². The average molecular weight is 248 g/mol. The Hall–Kier alpha value is -1.29. The SMILES string of the molecule is CCSc1nc(-c2c(C)cc(C)cc2C)no1. The van der Waals surface area contributed by atoms with Gasteiger partial charge in [0, 0.05) is 5.56 Å². The fraction of sp³-hybridized carbons (Fsp3) is 0.385. The van der Waals surface area contributed by atoms with Crippen molar-refractivity contribution in [3.05, 3.63) is 28.8 Å². The highest BCUT2D eigenvalue weighted by Crippen LogP contribution is 2.27. The van der Waals surface area contributed by atoms with E-state index in [2.05, 4.69) is 50.0 Å². The zero-order chi connectivity index (χ0) is 12.4. The van der Waals surface area contributed by atoms with Gasteiger partial charge in [0.25, 0.3) is 5.22 Å². The van der Waals surface area contributed by atoms with Crippen molar-refractivity contribution in [2.75, 3.05) is 5.75 Å². The van der Waals surface area contributed by atoms with Gasteiger partial charge in [-0.3, -0.25) is 0 Å². The predicted octanol–water partition coefficient (Wildman–Crippen LogP) is 3.77. The molecule has 0 fully saturated rings. The largest absolute Gasteiger partial charge is 0.327 e. The highest BCUT2D eigenvalue weighted by atomic mass is 32.2. The van der Waals surface area contributed by atoms with Crippen LogP contribution < -0.4 is 0 Å². The summed E-state index contributed by atoms with van der Waals surface area (Å²) in [5.41, 5.74) is 4.73. The first-order chi connectivity index (χ1) is 8.11. The van der Waals surface area contributed by atoms with E-state index in [-0.39, 0.29) is 0 Å². The maximum Gasteiger partial charge on any atom is 0.286 e. The second-order valence-corrected chi connectivity index (χ2v) is 5.31. The van der Waals surface area contributed by atoms with Crippen LogP contribution in [0, 0.1) is 20.8 Å². The molecule has 2 rings (SSSR count). The van der Waals surface area contributed by atoms with Crippen molar-refractivity contribution in [3.8, 4) is 11.4 Å². The molecule has 0 saturated carbocycles. The minimum atomic E-state index is 0.641. The van der Waals surface area contributed by atoms with Crippen LogP contribution >= 0.6 is 11.8 Å². The topological polar surface area (TPSA) is 38.9 Å². The van der Waals surface area contributed by atoms with Crippen LogP contribution in [0.5, 0.6) is 0 Å². The number of aryl methyl sites for hydroxylation is 3. The van der Waals surface area contributed by atoms with Gasteiger partial charge in [0.05, 0.1) is 0 Å². The molecule has 0 unspecified atom stereocenters. The van der Waals surface area contributed by atoms with E-state index in [1.165, 1.54) is 16.7 Å². The van der Waals surface area contributed by atoms with E-state index in [9.17, 15) is 0 Å². The van der Waals surface area contributed by atoms with E-state index in [1.54, 1.807) is 11.8 Å². The Morgan fingerprint density at radius 3 is 2.41 bits per heavy atom. The average Bonchev–Trinajstić information content (AvgIpc) is 2.65. The number of hydrogen-bond acceptors (Lipinski definition) is 4. The van der Waals surface area contributed by atoms with Gasteiger partial charge in [-0.2, -0.15) is 4.98 Å². The monoisotopic (exact) mass is 248 g/mol. The Balaban J connectivity index is 2.45. The highest BCUT2D eigenvalue weighted by molar-refractivity contribution is 7.99. The number of benzene rings is 1. The van der Waals surface area contributed by atoms with Crippen molar-refractivity contribution >= 4 is 11.8 Å². The van der Waals surface area contributed by atoms with Gasteiger partial charge in [0.2, 0.25) is 5.82 Å². The van der Waals surface area contributed by atoms with E-state index in [0.717, 1.165) is 11.3 Å². The fourth-order valence-electron chi connectivity index (χ4n) is 2.03. The number of thioether (sulfide) groups is 1. The molecular formula is C13H16N2OS. The summed E-state index contributed by atoms with van der Waals surface area (Å²) in [6.07, 6.45) is 0. The van der Waals surface area contributed by atoms with E-state index >= 15 is 0 Å². The summed E-state index contributed by atoms with van der Waals surface area (Å²) < 4.78 is 5.20. The summed E-state index contributed by atoms with van der Waals surface area (Å²) in [6.45, 7) is 8.33. The van der Waals surface area contributed by atoms with Crippen LogP contribution in [0.1, 0.15) is 23.6 Å². The first-order valence-electron chi connectivity index (χ1n) is 5.66. The summed E-state index contributed by atoms with van der Waals surface area (Å²) in [6, 6.07) is 4.29. The van der Waals surface area contributed by atoms with E-state index < -0.39 is 0 Å². The number of nitrogens with zero attached hydrogens (tertiary/aromatic N) is 2. The van der Waals surface area contributed by atoms with Crippen LogP contribution in [0.4, 0.5) is 0 Å². The van der Waals surface area contributed by atoms with Gasteiger partial charge in [0.15, 0.2) is 0 Å². The molecule has 1 heterocycles. The predicted molar refractivity (Wildman–Crippen MR) is 70.3 cm³/mol. The van der Waals surface area contributed by atoms with Crippen molar-refractivity contribution in [1.29, 1.82) is 0 Å². The Morgan fingerprint density at radius 1 is 1.18 bits per heavy atom. The Labute approximate surface area is 106 Å². The summed E-state index contributed by atoms with van der Waals surface area (Å²) in [5, 5.41) is 4.69. The van der Waals surface area contributed by atoms with E-state index in [4.69, 9.17) is 4.52 Å². The molecule has 0 spiro atoms. The molecule has 90 valence electrons. The van der Waals surface area contributed by atoms with Crippen LogP contribution in [0.2, 0.25) is 0 Å². The summed E-state index contributed by atoms with van der Waals surface area (Å²) in [4.78, 5) is 4.41. The third-order valence-corrected chi connectivity index (χ3v) is 3.28. The molecule has 0 saturated heterocycles. The molecule has 2 aromatic rings. The maximum atomic E-state index is 5.20. The third kappa shape index (κ3) is 2.52. The lowest BCUT2D eigenvalue weighted by Gasteiger charge is -2.06. The van der Waals surface area contributed by atoms with Gasteiger partial charge >= 0.3 is 0 Å². The quantitative estimate of drug-likeness (QED) is 0.775. The molecule has 0 N–H and O–H groups in total. The molecule has 4 heteroatoms. The standard InChI is InChI=1S/C13H16N2OS/c1-5-17-13-14-12(15-16-13)11-9(3)6-8(2)7-10(11)4/h6-7H,5H2,1-4H3. The minimum absolute atomic E-state index is 0.641. The molecule has 17 heavy (non-hydrogen) atoms. The number of aromatic nitrogens is 2. The molecule has 3 nitrogen and oxygen atoms in total. The van der Waals surface area contributed by atoms with Gasteiger partial charge in [-0.1, -0.05) is 41.5 Å². The van der Waals surface area contributed by atoms with Crippen LogP contribution in [-0.4, -0.2) is 15.9 Å². The van der Waals surface area contributed by atoms with Gasteiger partial charge < -0.3 is 4.52 Å². The molecule has 0 atom stereocenters. The molecule has 1 aromatic heterocycles. The number of rotatable bonds is 3. The van der Waals surface area contributed by atoms with Crippen molar-refractivity contribution in [2.24, 2.45) is 0 Å². The first-order valence-corrected chi connectivity index (χ1v) is 6.65. The molecule has 0 radical (unpaired) electrons. The lowest BCUT2D eigenvalue weighted by Crippen LogP contribution is -1.91. The molecule has 0 aliphatic carbocycles. The van der Waals surface area contributed by atoms with Crippen molar-refractivity contribution in [2.45, 2.75) is 32.9 Å². The third-order valence-electron chi connectivity index (χ3n) is 2.58. The first kappa shape index (κ1) is 12.2. The second kappa shape index (κ2) is 4.92. The molecule has 0 aliphatic rings. The Kier molecular flexibility index (Phi) is 3.52. The summed E-state index contributed by atoms with van der Waals surface area (Å²) in [7, 11) is 0. The van der Waals surface area contributed by atoms with E-state index in [0.29, 0.717) is 11.0 Å². The zero-order valence-corrected chi connectivity index (χ0v) is 11.4. The lowest BCUT2D eigenvalue weighted by molar-refractivity contribution is 0.341.